The van der Waals surface area contributed by atoms with Crippen LogP contribution in [-0.4, -0.2) is 16.3 Å². The van der Waals surface area contributed by atoms with Crippen molar-refractivity contribution in [1.82, 2.24) is 15.1 Å². The van der Waals surface area contributed by atoms with Crippen LogP contribution in [0.5, 0.6) is 0 Å². The Bertz CT molecular complexity index is 584. The van der Waals surface area contributed by atoms with Gasteiger partial charge in [-0.25, -0.2) is 0 Å². The van der Waals surface area contributed by atoms with Gasteiger partial charge in [0.15, 0.2) is 0 Å². The quantitative estimate of drug-likeness (QED) is 0.903. The number of hydrogen-bond acceptors (Lipinski definition) is 2. The first-order valence-corrected chi connectivity index (χ1v) is 7.33. The van der Waals surface area contributed by atoms with Gasteiger partial charge in [0.05, 0.1) is 12.2 Å². The van der Waals surface area contributed by atoms with Crippen LogP contribution in [0.3, 0.4) is 0 Å². The lowest BCUT2D eigenvalue weighted by atomic mass is 9.94. The van der Waals surface area contributed by atoms with Gasteiger partial charge < -0.3 is 5.32 Å². The maximum Gasteiger partial charge on any atom is 0.0613 e. The van der Waals surface area contributed by atoms with Crippen LogP contribution in [-0.2, 0) is 7.05 Å². The molecule has 0 amide bonds. The minimum atomic E-state index is 0.226. The van der Waals surface area contributed by atoms with E-state index in [4.69, 9.17) is 0 Å². The molecule has 20 heavy (non-hydrogen) atoms. The summed E-state index contributed by atoms with van der Waals surface area (Å²) in [4.78, 5) is 0. The largest absolute Gasteiger partial charge is 0.306 e. The van der Waals surface area contributed by atoms with E-state index in [0.717, 1.165) is 13.0 Å². The Balaban J connectivity index is 2.47. The van der Waals surface area contributed by atoms with Crippen LogP contribution in [0.15, 0.2) is 24.4 Å². The maximum atomic E-state index is 4.40. The lowest BCUT2D eigenvalue weighted by molar-refractivity contribution is 0.592. The highest BCUT2D eigenvalue weighted by atomic mass is 15.3. The van der Waals surface area contributed by atoms with E-state index >= 15 is 0 Å². The van der Waals surface area contributed by atoms with E-state index in [2.05, 4.69) is 56.3 Å². The minimum absolute atomic E-state index is 0.226. The van der Waals surface area contributed by atoms with E-state index < -0.39 is 0 Å². The molecule has 2 aromatic rings. The first-order valence-electron chi connectivity index (χ1n) is 7.33. The van der Waals surface area contributed by atoms with Gasteiger partial charge in [0.25, 0.3) is 0 Å². The Kier molecular flexibility index (Phi) is 4.61. The van der Waals surface area contributed by atoms with Crippen molar-refractivity contribution in [3.05, 3.63) is 52.3 Å². The lowest BCUT2D eigenvalue weighted by Crippen LogP contribution is -2.24. The Morgan fingerprint density at radius 2 is 1.95 bits per heavy atom. The van der Waals surface area contributed by atoms with Gasteiger partial charge in [0.2, 0.25) is 0 Å². The topological polar surface area (TPSA) is 29.9 Å². The standard InChI is InChI=1S/C17H25N3/c1-6-9-18-17(16-11-19-20(5)14(16)4)15-10-12(2)7-8-13(15)3/h7-8,10-11,17-18H,6,9H2,1-5H3. The molecule has 0 radical (unpaired) electrons. The number of aryl methyl sites for hydroxylation is 3. The van der Waals surface area contributed by atoms with E-state index in [1.54, 1.807) is 0 Å². The fraction of sp³-hybridized carbons (Fsp3) is 0.471. The summed E-state index contributed by atoms with van der Waals surface area (Å²) in [6.45, 7) is 9.67. The number of hydrogen-bond donors (Lipinski definition) is 1. The highest BCUT2D eigenvalue weighted by Gasteiger charge is 2.19. The third kappa shape index (κ3) is 2.93. The first-order chi connectivity index (χ1) is 9.54. The average Bonchev–Trinajstić information content (AvgIpc) is 2.75. The molecule has 1 N–H and O–H groups in total. The van der Waals surface area contributed by atoms with Crippen LogP contribution >= 0.6 is 0 Å². The van der Waals surface area contributed by atoms with Gasteiger partial charge in [-0.1, -0.05) is 30.7 Å². The Morgan fingerprint density at radius 1 is 1.20 bits per heavy atom. The fourth-order valence-electron chi connectivity index (χ4n) is 2.55. The van der Waals surface area contributed by atoms with Gasteiger partial charge in [-0.05, 0) is 44.9 Å². The summed E-state index contributed by atoms with van der Waals surface area (Å²) < 4.78 is 1.95. The molecule has 1 aromatic heterocycles. The molecule has 3 heteroatoms. The van der Waals surface area contributed by atoms with Crippen LogP contribution in [0.4, 0.5) is 0 Å². The Labute approximate surface area is 122 Å². The van der Waals surface area contributed by atoms with Crippen LogP contribution in [0.1, 0.15) is 47.3 Å². The van der Waals surface area contributed by atoms with E-state index in [0.29, 0.717) is 0 Å². The zero-order valence-electron chi connectivity index (χ0n) is 13.2. The van der Waals surface area contributed by atoms with Crippen LogP contribution in [0, 0.1) is 20.8 Å². The summed E-state index contributed by atoms with van der Waals surface area (Å²) in [6.07, 6.45) is 3.12. The van der Waals surface area contributed by atoms with Crippen molar-refractivity contribution in [2.75, 3.05) is 6.54 Å². The number of nitrogens with one attached hydrogen (secondary N) is 1. The molecule has 3 nitrogen and oxygen atoms in total. The second kappa shape index (κ2) is 6.23. The third-order valence-corrected chi connectivity index (χ3v) is 3.93. The normalized spacial score (nSPS) is 12.7. The van der Waals surface area contributed by atoms with Gasteiger partial charge in [0.1, 0.15) is 0 Å². The zero-order valence-corrected chi connectivity index (χ0v) is 13.2. The molecule has 0 saturated heterocycles. The SMILES string of the molecule is CCCNC(c1cc(C)ccc1C)c1cnn(C)c1C. The van der Waals surface area contributed by atoms with Crippen molar-refractivity contribution in [3.63, 3.8) is 0 Å². The molecule has 0 aliphatic rings. The fourth-order valence-corrected chi connectivity index (χ4v) is 2.55. The number of nitrogens with zero attached hydrogens (tertiary/aromatic N) is 2. The molecule has 0 aliphatic heterocycles. The van der Waals surface area contributed by atoms with Gasteiger partial charge in [0, 0.05) is 18.3 Å². The van der Waals surface area contributed by atoms with Crippen molar-refractivity contribution in [2.45, 2.75) is 40.2 Å². The molecule has 0 bridgehead atoms. The van der Waals surface area contributed by atoms with Gasteiger partial charge in [-0.2, -0.15) is 5.10 Å². The summed E-state index contributed by atoms with van der Waals surface area (Å²) in [5.74, 6) is 0. The third-order valence-electron chi connectivity index (χ3n) is 3.93. The molecule has 1 heterocycles. The smallest absolute Gasteiger partial charge is 0.0613 e. The summed E-state index contributed by atoms with van der Waals surface area (Å²) >= 11 is 0. The van der Waals surface area contributed by atoms with Crippen LogP contribution in [0.25, 0.3) is 0 Å². The molecular weight excluding hydrogens is 246 g/mol. The van der Waals surface area contributed by atoms with Crippen molar-refractivity contribution < 1.29 is 0 Å². The van der Waals surface area contributed by atoms with Gasteiger partial charge in [-0.15, -0.1) is 0 Å². The highest BCUT2D eigenvalue weighted by Crippen LogP contribution is 2.27. The van der Waals surface area contributed by atoms with E-state index in [1.807, 2.05) is 17.9 Å². The Morgan fingerprint density at radius 3 is 2.55 bits per heavy atom. The maximum absolute atomic E-state index is 4.40. The molecule has 0 aliphatic carbocycles. The monoisotopic (exact) mass is 271 g/mol. The van der Waals surface area contributed by atoms with E-state index in [9.17, 15) is 0 Å². The highest BCUT2D eigenvalue weighted by molar-refractivity contribution is 5.39. The van der Waals surface area contributed by atoms with Crippen LogP contribution in [0.2, 0.25) is 0 Å². The number of aromatic nitrogens is 2. The minimum Gasteiger partial charge on any atom is -0.306 e. The Hall–Kier alpha value is -1.61. The second-order valence-electron chi connectivity index (χ2n) is 5.56. The molecule has 0 spiro atoms. The molecule has 1 atom stereocenters. The predicted molar refractivity (Wildman–Crippen MR) is 84.0 cm³/mol. The summed E-state index contributed by atoms with van der Waals surface area (Å²) in [5, 5.41) is 8.07. The van der Waals surface area contributed by atoms with Crippen molar-refractivity contribution in [3.8, 4) is 0 Å². The molecule has 1 aromatic carbocycles. The van der Waals surface area contributed by atoms with Crippen LogP contribution < -0.4 is 5.32 Å². The summed E-state index contributed by atoms with van der Waals surface area (Å²) in [7, 11) is 2.00. The molecule has 1 unspecified atom stereocenters. The number of rotatable bonds is 5. The van der Waals surface area contributed by atoms with Crippen molar-refractivity contribution >= 4 is 0 Å². The zero-order chi connectivity index (χ0) is 14.7. The molecule has 0 saturated carbocycles. The predicted octanol–water partition coefficient (Wildman–Crippen LogP) is 3.43. The first kappa shape index (κ1) is 14.8. The molecule has 2 rings (SSSR count). The lowest BCUT2D eigenvalue weighted by Gasteiger charge is -2.21. The summed E-state index contributed by atoms with van der Waals surface area (Å²) in [6, 6.07) is 6.89. The van der Waals surface area contributed by atoms with Crippen molar-refractivity contribution in [1.29, 1.82) is 0 Å². The summed E-state index contributed by atoms with van der Waals surface area (Å²) in [5.41, 5.74) is 6.48. The molecule has 108 valence electrons. The van der Waals surface area contributed by atoms with Crippen molar-refractivity contribution in [2.24, 2.45) is 7.05 Å². The number of benzene rings is 1. The van der Waals surface area contributed by atoms with Gasteiger partial charge in [-0.3, -0.25) is 4.68 Å². The average molecular weight is 271 g/mol. The van der Waals surface area contributed by atoms with Gasteiger partial charge >= 0.3 is 0 Å². The molecule has 0 fully saturated rings. The van der Waals surface area contributed by atoms with E-state index in [-0.39, 0.29) is 6.04 Å². The van der Waals surface area contributed by atoms with E-state index in [1.165, 1.54) is 27.9 Å². The molecular formula is C17H25N3. The second-order valence-corrected chi connectivity index (χ2v) is 5.56.